The van der Waals surface area contributed by atoms with Crippen molar-refractivity contribution in [2.75, 3.05) is 28.2 Å². The first kappa shape index (κ1) is 18.9. The second-order valence-corrected chi connectivity index (χ2v) is 7.32. The highest BCUT2D eigenvalue weighted by molar-refractivity contribution is 6.29. The van der Waals surface area contributed by atoms with Crippen LogP contribution in [0.1, 0.15) is 18.4 Å². The Morgan fingerprint density at radius 3 is 2.82 bits per heavy atom. The van der Waals surface area contributed by atoms with E-state index in [2.05, 4.69) is 15.2 Å². The number of benzene rings is 1. The molecular formula is C19H18ClF3N4O. The highest BCUT2D eigenvalue weighted by Crippen LogP contribution is 2.39. The first-order valence-electron chi connectivity index (χ1n) is 8.98. The largest absolute Gasteiger partial charge is 0.389 e. The van der Waals surface area contributed by atoms with Gasteiger partial charge in [0, 0.05) is 25.2 Å². The third kappa shape index (κ3) is 3.73. The first-order valence-corrected chi connectivity index (χ1v) is 9.36. The number of pyridine rings is 1. The standard InChI is InChI=1S/C19H18ClF3N4O/c20-16-6-5-15-17(25-16)27(13-8-10-26(15)11-13)18(28)24-14-4-2-1-3-12(14)7-9-19(21,22)23/h1-6,13H,7-11H2,(H,24,28)/t13-/m1/s1. The highest BCUT2D eigenvalue weighted by Gasteiger charge is 2.40. The van der Waals surface area contributed by atoms with Gasteiger partial charge < -0.3 is 10.2 Å². The maximum absolute atomic E-state index is 13.1. The van der Waals surface area contributed by atoms with Gasteiger partial charge in [-0.15, -0.1) is 0 Å². The molecule has 2 amide bonds. The van der Waals surface area contributed by atoms with Gasteiger partial charge in [-0.2, -0.15) is 13.2 Å². The molecule has 2 aromatic rings. The van der Waals surface area contributed by atoms with Crippen LogP contribution < -0.4 is 15.1 Å². The quantitative estimate of drug-likeness (QED) is 0.735. The van der Waals surface area contributed by atoms with Crippen LogP contribution in [0.2, 0.25) is 5.15 Å². The van der Waals surface area contributed by atoms with Crippen LogP contribution in [0, 0.1) is 0 Å². The van der Waals surface area contributed by atoms with E-state index in [9.17, 15) is 18.0 Å². The molecule has 148 valence electrons. The molecular weight excluding hydrogens is 393 g/mol. The van der Waals surface area contributed by atoms with E-state index < -0.39 is 18.6 Å². The summed E-state index contributed by atoms with van der Waals surface area (Å²) in [6.45, 7) is 1.51. The molecule has 0 unspecified atom stereocenters. The van der Waals surface area contributed by atoms with E-state index in [1.54, 1.807) is 35.2 Å². The minimum atomic E-state index is -4.25. The molecule has 0 spiro atoms. The molecule has 2 bridgehead atoms. The van der Waals surface area contributed by atoms with E-state index in [-0.39, 0.29) is 17.6 Å². The number of alkyl halides is 3. The molecule has 0 radical (unpaired) electrons. The number of nitrogens with zero attached hydrogens (tertiary/aromatic N) is 3. The molecule has 1 aromatic heterocycles. The fourth-order valence-electron chi connectivity index (χ4n) is 3.76. The van der Waals surface area contributed by atoms with Gasteiger partial charge in [-0.1, -0.05) is 29.8 Å². The zero-order valence-electron chi connectivity index (χ0n) is 14.8. The number of aryl methyl sites for hydroxylation is 1. The number of rotatable bonds is 3. The lowest BCUT2D eigenvalue weighted by Crippen LogP contribution is -2.48. The van der Waals surface area contributed by atoms with Gasteiger partial charge in [0.15, 0.2) is 5.82 Å². The number of amides is 2. The molecule has 5 nitrogen and oxygen atoms in total. The zero-order valence-corrected chi connectivity index (χ0v) is 15.6. The second-order valence-electron chi connectivity index (χ2n) is 6.94. The first-order chi connectivity index (χ1) is 13.3. The van der Waals surface area contributed by atoms with Crippen LogP contribution in [0.3, 0.4) is 0 Å². The molecule has 0 saturated carbocycles. The predicted octanol–water partition coefficient (Wildman–Crippen LogP) is 4.86. The number of hydrogen-bond donors (Lipinski definition) is 1. The Balaban J connectivity index is 1.59. The summed E-state index contributed by atoms with van der Waals surface area (Å²) >= 11 is 6.04. The molecule has 2 aliphatic heterocycles. The lowest BCUT2D eigenvalue weighted by atomic mass is 10.1. The number of anilines is 3. The highest BCUT2D eigenvalue weighted by atomic mass is 35.5. The van der Waals surface area contributed by atoms with Crippen LogP contribution in [0.4, 0.5) is 35.2 Å². The summed E-state index contributed by atoms with van der Waals surface area (Å²) in [4.78, 5) is 21.1. The van der Waals surface area contributed by atoms with Crippen molar-refractivity contribution in [1.82, 2.24) is 4.98 Å². The average molecular weight is 411 g/mol. The van der Waals surface area contributed by atoms with E-state index >= 15 is 0 Å². The smallest absolute Gasteiger partial charge is 0.366 e. The fraction of sp³-hybridized carbons (Fsp3) is 0.368. The molecule has 2 aliphatic rings. The molecule has 28 heavy (non-hydrogen) atoms. The van der Waals surface area contributed by atoms with Crippen LogP contribution in [0.15, 0.2) is 36.4 Å². The normalized spacial score (nSPS) is 18.2. The Kier molecular flexibility index (Phi) is 4.82. The number of urea groups is 1. The molecule has 3 heterocycles. The molecule has 1 aromatic carbocycles. The number of hydrogen-bond acceptors (Lipinski definition) is 3. The third-order valence-electron chi connectivity index (χ3n) is 5.07. The summed E-state index contributed by atoms with van der Waals surface area (Å²) in [6, 6.07) is 9.60. The second kappa shape index (κ2) is 7.16. The summed E-state index contributed by atoms with van der Waals surface area (Å²) in [5, 5.41) is 3.06. The number of carbonyl (C=O) groups is 1. The molecule has 1 saturated heterocycles. The lowest BCUT2D eigenvalue weighted by Gasteiger charge is -2.35. The molecule has 0 aliphatic carbocycles. The lowest BCUT2D eigenvalue weighted by molar-refractivity contribution is -0.133. The van der Waals surface area contributed by atoms with Crippen molar-refractivity contribution in [2.45, 2.75) is 31.5 Å². The van der Waals surface area contributed by atoms with Crippen molar-refractivity contribution in [3.05, 3.63) is 47.1 Å². The Morgan fingerprint density at radius 1 is 1.25 bits per heavy atom. The fourth-order valence-corrected chi connectivity index (χ4v) is 3.90. The van der Waals surface area contributed by atoms with E-state index in [0.29, 0.717) is 23.6 Å². The number of para-hydroxylation sites is 1. The van der Waals surface area contributed by atoms with Crippen molar-refractivity contribution in [3.8, 4) is 0 Å². The van der Waals surface area contributed by atoms with Crippen molar-refractivity contribution in [1.29, 1.82) is 0 Å². The minimum Gasteiger partial charge on any atom is -0.366 e. The summed E-state index contributed by atoms with van der Waals surface area (Å²) in [6.07, 6.45) is -4.60. The van der Waals surface area contributed by atoms with Crippen LogP contribution in [0.5, 0.6) is 0 Å². The molecule has 1 fully saturated rings. The van der Waals surface area contributed by atoms with Gasteiger partial charge in [0.25, 0.3) is 0 Å². The van der Waals surface area contributed by atoms with Gasteiger partial charge in [-0.25, -0.2) is 9.78 Å². The van der Waals surface area contributed by atoms with Gasteiger partial charge >= 0.3 is 12.2 Å². The summed E-state index contributed by atoms with van der Waals surface area (Å²) in [5.74, 6) is 0.478. The predicted molar refractivity (Wildman–Crippen MR) is 102 cm³/mol. The summed E-state index contributed by atoms with van der Waals surface area (Å²) in [5.41, 5.74) is 1.65. The maximum Gasteiger partial charge on any atom is 0.389 e. The van der Waals surface area contributed by atoms with Crippen molar-refractivity contribution < 1.29 is 18.0 Å². The summed E-state index contributed by atoms with van der Waals surface area (Å²) in [7, 11) is 0. The van der Waals surface area contributed by atoms with Gasteiger partial charge in [0.1, 0.15) is 5.15 Å². The molecule has 1 atom stereocenters. The topological polar surface area (TPSA) is 48.5 Å². The van der Waals surface area contributed by atoms with Crippen LogP contribution in [-0.2, 0) is 6.42 Å². The van der Waals surface area contributed by atoms with E-state index in [1.807, 2.05) is 6.07 Å². The van der Waals surface area contributed by atoms with E-state index in [1.165, 1.54) is 0 Å². The Bertz CT molecular complexity index is 905. The van der Waals surface area contributed by atoms with Gasteiger partial charge in [0.05, 0.1) is 11.7 Å². The van der Waals surface area contributed by atoms with E-state index in [0.717, 1.165) is 18.7 Å². The van der Waals surface area contributed by atoms with Gasteiger partial charge in [-0.3, -0.25) is 4.90 Å². The zero-order chi connectivity index (χ0) is 19.9. The minimum absolute atomic E-state index is 0.0548. The third-order valence-corrected chi connectivity index (χ3v) is 5.28. The van der Waals surface area contributed by atoms with Crippen molar-refractivity contribution >= 4 is 34.8 Å². The number of fused-ring (bicyclic) bond motifs is 4. The Hall–Kier alpha value is -2.48. The number of aromatic nitrogens is 1. The summed E-state index contributed by atoms with van der Waals surface area (Å²) < 4.78 is 37.8. The number of nitrogens with one attached hydrogen (secondary N) is 1. The van der Waals surface area contributed by atoms with Crippen LogP contribution in [-0.4, -0.2) is 36.3 Å². The van der Waals surface area contributed by atoms with Crippen molar-refractivity contribution in [2.24, 2.45) is 0 Å². The molecule has 9 heteroatoms. The maximum atomic E-state index is 13.1. The van der Waals surface area contributed by atoms with Crippen molar-refractivity contribution in [3.63, 3.8) is 0 Å². The SMILES string of the molecule is O=C(Nc1ccccc1CCC(F)(F)F)N1c2nc(Cl)ccc2N2CC[C@@H]1C2. The Morgan fingerprint density at radius 2 is 2.04 bits per heavy atom. The number of carbonyl (C=O) groups excluding carboxylic acids is 1. The Labute approximate surface area is 165 Å². The molecule has 1 N–H and O–H groups in total. The van der Waals surface area contributed by atoms with E-state index in [4.69, 9.17) is 11.6 Å². The van der Waals surface area contributed by atoms with Gasteiger partial charge in [-0.05, 0) is 36.6 Å². The number of halogens is 4. The average Bonchev–Trinajstić information content (AvgIpc) is 3.04. The van der Waals surface area contributed by atoms with Gasteiger partial charge in [0.2, 0.25) is 0 Å². The molecule has 4 rings (SSSR count). The van der Waals surface area contributed by atoms with Crippen LogP contribution >= 0.6 is 11.6 Å². The monoisotopic (exact) mass is 410 g/mol. The van der Waals surface area contributed by atoms with Crippen LogP contribution in [0.25, 0.3) is 0 Å².